The number of ether oxygens (including phenoxy) is 1. The lowest BCUT2D eigenvalue weighted by Crippen LogP contribution is -1.99. The van der Waals surface area contributed by atoms with Gasteiger partial charge in [0.1, 0.15) is 11.5 Å². The third-order valence-electron chi connectivity index (χ3n) is 2.31. The molecule has 0 aromatic heterocycles. The van der Waals surface area contributed by atoms with Gasteiger partial charge in [0.05, 0.1) is 7.11 Å². The Labute approximate surface area is 107 Å². The summed E-state index contributed by atoms with van der Waals surface area (Å²) in [5, 5.41) is 8.89. The first-order valence-corrected chi connectivity index (χ1v) is 5.44. The third kappa shape index (κ3) is 4.29. The molecular weight excluding hydrogens is 228 g/mol. The molecule has 0 saturated heterocycles. The van der Waals surface area contributed by atoms with Gasteiger partial charge in [-0.25, -0.2) is 0 Å². The van der Waals surface area contributed by atoms with Crippen LogP contribution < -0.4 is 4.74 Å². The molecular formula is C15H16O3. The van der Waals surface area contributed by atoms with Gasteiger partial charge >= 0.3 is 0 Å². The molecule has 0 atom stereocenters. The normalized spacial score (nSPS) is 10.3. The van der Waals surface area contributed by atoms with Crippen molar-refractivity contribution >= 4 is 5.78 Å². The predicted octanol–water partition coefficient (Wildman–Crippen LogP) is 3.45. The van der Waals surface area contributed by atoms with Crippen molar-refractivity contribution in [3.05, 3.63) is 66.5 Å². The Kier molecular flexibility index (Phi) is 4.93. The number of hydrogen-bond acceptors (Lipinski definition) is 3. The highest BCUT2D eigenvalue weighted by atomic mass is 16.5. The maximum Gasteiger partial charge on any atom is 0.167 e. The first-order chi connectivity index (χ1) is 8.52. The lowest BCUT2D eigenvalue weighted by Gasteiger charge is -2.03. The second-order valence-electron chi connectivity index (χ2n) is 3.81. The quantitative estimate of drug-likeness (QED) is 0.473. The SMILES string of the molecule is C=C(O)/C=C\C(=C)CC(=O)c1ccc(OC)cc1. The molecule has 1 aromatic rings. The summed E-state index contributed by atoms with van der Waals surface area (Å²) >= 11 is 0. The van der Waals surface area contributed by atoms with Crippen molar-refractivity contribution in [3.63, 3.8) is 0 Å². The van der Waals surface area contributed by atoms with Crippen LogP contribution in [-0.2, 0) is 0 Å². The molecule has 0 bridgehead atoms. The Hall–Kier alpha value is -2.29. The van der Waals surface area contributed by atoms with E-state index in [4.69, 9.17) is 9.84 Å². The van der Waals surface area contributed by atoms with E-state index < -0.39 is 0 Å². The summed E-state index contributed by atoms with van der Waals surface area (Å²) in [5.74, 6) is 0.616. The van der Waals surface area contributed by atoms with Gasteiger partial charge < -0.3 is 9.84 Å². The fourth-order valence-corrected chi connectivity index (χ4v) is 1.36. The van der Waals surface area contributed by atoms with Crippen molar-refractivity contribution in [2.45, 2.75) is 6.42 Å². The maximum absolute atomic E-state index is 11.9. The van der Waals surface area contributed by atoms with E-state index in [0.717, 1.165) is 0 Å². The van der Waals surface area contributed by atoms with Gasteiger partial charge in [-0.15, -0.1) is 0 Å². The molecule has 18 heavy (non-hydrogen) atoms. The average Bonchev–Trinajstić information content (AvgIpc) is 2.36. The topological polar surface area (TPSA) is 46.5 Å². The molecule has 0 amide bonds. The number of benzene rings is 1. The second-order valence-corrected chi connectivity index (χ2v) is 3.81. The Morgan fingerprint density at radius 1 is 1.28 bits per heavy atom. The summed E-state index contributed by atoms with van der Waals surface area (Å²) in [6, 6.07) is 6.90. The van der Waals surface area contributed by atoms with Crippen molar-refractivity contribution in [1.29, 1.82) is 0 Å². The van der Waals surface area contributed by atoms with Crippen LogP contribution >= 0.6 is 0 Å². The van der Waals surface area contributed by atoms with Crippen molar-refractivity contribution in [2.75, 3.05) is 7.11 Å². The van der Waals surface area contributed by atoms with Crippen LogP contribution in [0.1, 0.15) is 16.8 Å². The molecule has 0 fully saturated rings. The molecule has 94 valence electrons. The lowest BCUT2D eigenvalue weighted by atomic mass is 10.0. The number of aliphatic hydroxyl groups is 1. The van der Waals surface area contributed by atoms with E-state index in [-0.39, 0.29) is 18.0 Å². The summed E-state index contributed by atoms with van der Waals surface area (Å²) in [7, 11) is 1.57. The molecule has 1 N–H and O–H groups in total. The summed E-state index contributed by atoms with van der Waals surface area (Å²) in [4.78, 5) is 11.9. The van der Waals surface area contributed by atoms with Gasteiger partial charge in [-0.3, -0.25) is 4.79 Å². The molecule has 1 aromatic carbocycles. The number of Topliss-reactive ketones (excluding diaryl/α,β-unsaturated/α-hetero) is 1. The molecule has 0 unspecified atom stereocenters. The minimum Gasteiger partial charge on any atom is -0.509 e. The zero-order valence-corrected chi connectivity index (χ0v) is 10.3. The number of carbonyl (C=O) groups excluding carboxylic acids is 1. The smallest absolute Gasteiger partial charge is 0.167 e. The first-order valence-electron chi connectivity index (χ1n) is 5.44. The third-order valence-corrected chi connectivity index (χ3v) is 2.31. The minimum atomic E-state index is -0.0620. The number of ketones is 1. The molecule has 0 aliphatic carbocycles. The van der Waals surface area contributed by atoms with Crippen LogP contribution in [-0.4, -0.2) is 18.0 Å². The zero-order chi connectivity index (χ0) is 13.5. The zero-order valence-electron chi connectivity index (χ0n) is 10.3. The molecule has 3 heteroatoms. The first kappa shape index (κ1) is 13.8. The van der Waals surface area contributed by atoms with Gasteiger partial charge in [0.25, 0.3) is 0 Å². The number of allylic oxidation sites excluding steroid dienone is 3. The largest absolute Gasteiger partial charge is 0.509 e. The minimum absolute atomic E-state index is 0.0316. The number of rotatable bonds is 6. The van der Waals surface area contributed by atoms with E-state index in [1.54, 1.807) is 37.5 Å². The van der Waals surface area contributed by atoms with Gasteiger partial charge in [-0.05, 0) is 35.9 Å². The van der Waals surface area contributed by atoms with E-state index in [1.807, 2.05) is 0 Å². The van der Waals surface area contributed by atoms with E-state index in [1.165, 1.54) is 6.08 Å². The monoisotopic (exact) mass is 244 g/mol. The summed E-state index contributed by atoms with van der Waals surface area (Å²) in [5.41, 5.74) is 1.22. The molecule has 3 nitrogen and oxygen atoms in total. The summed E-state index contributed by atoms with van der Waals surface area (Å²) < 4.78 is 5.02. The number of hydrogen-bond donors (Lipinski definition) is 1. The van der Waals surface area contributed by atoms with Gasteiger partial charge in [0.15, 0.2) is 5.78 Å². The van der Waals surface area contributed by atoms with Crippen molar-refractivity contribution < 1.29 is 14.6 Å². The molecule has 0 aliphatic heterocycles. The van der Waals surface area contributed by atoms with Gasteiger partial charge in [0.2, 0.25) is 0 Å². The number of aliphatic hydroxyl groups excluding tert-OH is 1. The van der Waals surface area contributed by atoms with Crippen LogP contribution in [0.2, 0.25) is 0 Å². The number of methoxy groups -OCH3 is 1. The van der Waals surface area contributed by atoms with Gasteiger partial charge in [-0.1, -0.05) is 19.2 Å². The Bertz CT molecular complexity index is 481. The molecule has 0 saturated carbocycles. The van der Waals surface area contributed by atoms with Crippen LogP contribution in [0.25, 0.3) is 0 Å². The lowest BCUT2D eigenvalue weighted by molar-refractivity contribution is 0.0994. The Balaban J connectivity index is 2.64. The van der Waals surface area contributed by atoms with Crippen molar-refractivity contribution in [2.24, 2.45) is 0 Å². The molecule has 0 radical (unpaired) electrons. The van der Waals surface area contributed by atoms with Gasteiger partial charge in [0, 0.05) is 12.0 Å². The highest BCUT2D eigenvalue weighted by Crippen LogP contribution is 2.14. The summed E-state index contributed by atoms with van der Waals surface area (Å²) in [6.45, 7) is 7.05. The highest BCUT2D eigenvalue weighted by Gasteiger charge is 2.06. The number of carbonyl (C=O) groups is 1. The van der Waals surface area contributed by atoms with Crippen LogP contribution in [0.5, 0.6) is 5.75 Å². The predicted molar refractivity (Wildman–Crippen MR) is 72.0 cm³/mol. The highest BCUT2D eigenvalue weighted by molar-refractivity contribution is 5.97. The fourth-order valence-electron chi connectivity index (χ4n) is 1.36. The van der Waals surface area contributed by atoms with Crippen LogP contribution in [0.15, 0.2) is 60.9 Å². The Morgan fingerprint density at radius 3 is 2.39 bits per heavy atom. The van der Waals surface area contributed by atoms with Crippen LogP contribution in [0, 0.1) is 0 Å². The van der Waals surface area contributed by atoms with Crippen LogP contribution in [0.3, 0.4) is 0 Å². The van der Waals surface area contributed by atoms with Crippen molar-refractivity contribution in [3.8, 4) is 5.75 Å². The molecule has 0 spiro atoms. The van der Waals surface area contributed by atoms with E-state index >= 15 is 0 Å². The van der Waals surface area contributed by atoms with Gasteiger partial charge in [-0.2, -0.15) is 0 Å². The van der Waals surface area contributed by atoms with Crippen LogP contribution in [0.4, 0.5) is 0 Å². The Morgan fingerprint density at radius 2 is 1.89 bits per heavy atom. The molecule has 1 rings (SSSR count). The van der Waals surface area contributed by atoms with E-state index in [0.29, 0.717) is 16.9 Å². The molecule has 0 heterocycles. The standard InChI is InChI=1S/C15H16O3/c1-11(4-5-12(2)16)10-15(17)13-6-8-14(18-3)9-7-13/h4-9,16H,1-2,10H2,3H3/b5-4-. The average molecular weight is 244 g/mol. The second kappa shape index (κ2) is 6.45. The maximum atomic E-state index is 11.9. The fraction of sp³-hybridized carbons (Fsp3) is 0.133. The van der Waals surface area contributed by atoms with Crippen molar-refractivity contribution in [1.82, 2.24) is 0 Å². The van der Waals surface area contributed by atoms with E-state index in [9.17, 15) is 4.79 Å². The van der Waals surface area contributed by atoms with E-state index in [2.05, 4.69) is 13.2 Å². The summed E-state index contributed by atoms with van der Waals surface area (Å²) in [6.07, 6.45) is 3.18. The molecule has 0 aliphatic rings.